The molecule has 1 N–H and O–H groups in total. The number of pyridine rings is 1. The lowest BCUT2D eigenvalue weighted by Crippen LogP contribution is -2.35. The number of nitrogens with one attached hydrogen (secondary N) is 1. The molecule has 134 valence electrons. The second-order valence-corrected chi connectivity index (χ2v) is 6.93. The number of thioether (sulfide) groups is 1. The SMILES string of the molecule is CCSc1ccc(C(=O)NCC(c2c(F)cccc2F)N(C)C)cn1. The summed E-state index contributed by atoms with van der Waals surface area (Å²) in [6, 6.07) is 6.60. The summed E-state index contributed by atoms with van der Waals surface area (Å²) >= 11 is 1.59. The lowest BCUT2D eigenvalue weighted by atomic mass is 10.0. The molecule has 0 aliphatic heterocycles. The van der Waals surface area contributed by atoms with Crippen molar-refractivity contribution >= 4 is 17.7 Å². The van der Waals surface area contributed by atoms with Crippen molar-refractivity contribution in [2.45, 2.75) is 18.0 Å². The van der Waals surface area contributed by atoms with Crippen molar-refractivity contribution in [3.05, 3.63) is 59.3 Å². The zero-order valence-electron chi connectivity index (χ0n) is 14.4. The molecule has 0 saturated heterocycles. The minimum absolute atomic E-state index is 0.0550. The third-order valence-electron chi connectivity index (χ3n) is 3.70. The van der Waals surface area contributed by atoms with E-state index >= 15 is 0 Å². The minimum Gasteiger partial charge on any atom is -0.350 e. The molecule has 1 aromatic carbocycles. The largest absolute Gasteiger partial charge is 0.350 e. The fourth-order valence-corrected chi connectivity index (χ4v) is 3.00. The normalized spacial score (nSPS) is 12.2. The third-order valence-corrected chi connectivity index (χ3v) is 4.53. The van der Waals surface area contributed by atoms with Gasteiger partial charge in [0.1, 0.15) is 11.6 Å². The van der Waals surface area contributed by atoms with Crippen LogP contribution in [0.5, 0.6) is 0 Å². The van der Waals surface area contributed by atoms with Crippen LogP contribution in [-0.4, -0.2) is 42.2 Å². The molecule has 1 heterocycles. The fourth-order valence-electron chi connectivity index (χ4n) is 2.41. The number of carbonyl (C=O) groups excluding carboxylic acids is 1. The van der Waals surface area contributed by atoms with Crippen molar-refractivity contribution in [3.63, 3.8) is 0 Å². The van der Waals surface area contributed by atoms with Gasteiger partial charge in [-0.25, -0.2) is 13.8 Å². The number of nitrogens with zero attached hydrogens (tertiary/aromatic N) is 2. The Hall–Kier alpha value is -1.99. The molecular formula is C18H21F2N3OS. The monoisotopic (exact) mass is 365 g/mol. The summed E-state index contributed by atoms with van der Waals surface area (Å²) in [6.07, 6.45) is 1.50. The number of hydrogen-bond acceptors (Lipinski definition) is 4. The molecule has 0 radical (unpaired) electrons. The standard InChI is InChI=1S/C18H21F2N3OS/c1-4-25-16-9-8-12(10-21-16)18(24)22-11-15(23(2)3)17-13(19)6-5-7-14(17)20/h5-10,15H,4,11H2,1-3H3,(H,22,24). The van der Waals surface area contributed by atoms with Crippen LogP contribution in [0.3, 0.4) is 0 Å². The molecule has 0 saturated carbocycles. The zero-order valence-corrected chi connectivity index (χ0v) is 15.2. The van der Waals surface area contributed by atoms with Gasteiger partial charge in [-0.05, 0) is 44.1 Å². The minimum atomic E-state index is -0.629. The molecule has 1 atom stereocenters. The van der Waals surface area contributed by atoms with Gasteiger partial charge in [-0.2, -0.15) is 0 Å². The molecule has 7 heteroatoms. The molecule has 1 unspecified atom stereocenters. The van der Waals surface area contributed by atoms with Crippen LogP contribution < -0.4 is 5.32 Å². The van der Waals surface area contributed by atoms with Crippen LogP contribution in [0.25, 0.3) is 0 Å². The topological polar surface area (TPSA) is 45.2 Å². The molecule has 25 heavy (non-hydrogen) atoms. The van der Waals surface area contributed by atoms with E-state index in [4.69, 9.17) is 0 Å². The van der Waals surface area contributed by atoms with Crippen LogP contribution in [0.1, 0.15) is 28.9 Å². The number of carbonyl (C=O) groups is 1. The van der Waals surface area contributed by atoms with E-state index in [-0.39, 0.29) is 18.0 Å². The number of rotatable bonds is 7. The van der Waals surface area contributed by atoms with Gasteiger partial charge in [-0.15, -0.1) is 11.8 Å². The highest BCUT2D eigenvalue weighted by atomic mass is 32.2. The molecular weight excluding hydrogens is 344 g/mol. The summed E-state index contributed by atoms with van der Waals surface area (Å²) in [5.74, 6) is -0.688. The molecule has 0 fully saturated rings. The highest BCUT2D eigenvalue weighted by Gasteiger charge is 2.23. The van der Waals surface area contributed by atoms with Crippen molar-refractivity contribution < 1.29 is 13.6 Å². The second-order valence-electron chi connectivity index (χ2n) is 5.64. The van der Waals surface area contributed by atoms with Crippen molar-refractivity contribution in [2.75, 3.05) is 26.4 Å². The van der Waals surface area contributed by atoms with Gasteiger partial charge in [-0.1, -0.05) is 13.0 Å². The second kappa shape index (κ2) is 8.92. The summed E-state index contributed by atoms with van der Waals surface area (Å²) in [5.41, 5.74) is 0.354. The average molecular weight is 365 g/mol. The first-order valence-electron chi connectivity index (χ1n) is 7.91. The lowest BCUT2D eigenvalue weighted by molar-refractivity contribution is 0.0940. The van der Waals surface area contributed by atoms with Crippen LogP contribution in [-0.2, 0) is 0 Å². The summed E-state index contributed by atoms with van der Waals surface area (Å²) in [4.78, 5) is 18.2. The molecule has 1 aromatic heterocycles. The van der Waals surface area contributed by atoms with Gasteiger partial charge >= 0.3 is 0 Å². The van der Waals surface area contributed by atoms with E-state index in [9.17, 15) is 13.6 Å². The molecule has 0 aliphatic rings. The number of aromatic nitrogens is 1. The molecule has 0 bridgehead atoms. The predicted molar refractivity (Wildman–Crippen MR) is 95.8 cm³/mol. The van der Waals surface area contributed by atoms with Gasteiger partial charge in [0, 0.05) is 18.3 Å². The van der Waals surface area contributed by atoms with Crippen molar-refractivity contribution in [1.82, 2.24) is 15.2 Å². The maximum atomic E-state index is 14.0. The number of benzene rings is 1. The van der Waals surface area contributed by atoms with Gasteiger partial charge in [0.25, 0.3) is 5.91 Å². The van der Waals surface area contributed by atoms with E-state index in [1.807, 2.05) is 6.92 Å². The first kappa shape index (κ1) is 19.3. The number of likely N-dealkylation sites (N-methyl/N-ethyl adjacent to an activating group) is 1. The fraction of sp³-hybridized carbons (Fsp3) is 0.333. The van der Waals surface area contributed by atoms with Crippen LogP contribution in [0, 0.1) is 11.6 Å². The Labute approximate surface area is 150 Å². The van der Waals surface area contributed by atoms with Crippen LogP contribution >= 0.6 is 11.8 Å². The smallest absolute Gasteiger partial charge is 0.252 e. The summed E-state index contributed by atoms with van der Waals surface area (Å²) in [5, 5.41) is 3.57. The van der Waals surface area contributed by atoms with E-state index in [2.05, 4.69) is 10.3 Å². The molecule has 2 aromatic rings. The summed E-state index contributed by atoms with van der Waals surface area (Å²) in [7, 11) is 3.42. The van der Waals surface area contributed by atoms with Gasteiger partial charge in [-0.3, -0.25) is 4.79 Å². The van der Waals surface area contributed by atoms with Gasteiger partial charge in [0.2, 0.25) is 0 Å². The zero-order chi connectivity index (χ0) is 18.4. The van der Waals surface area contributed by atoms with Crippen molar-refractivity contribution in [3.8, 4) is 0 Å². The summed E-state index contributed by atoms with van der Waals surface area (Å²) < 4.78 is 28.1. The van der Waals surface area contributed by atoms with Gasteiger partial charge < -0.3 is 10.2 Å². The van der Waals surface area contributed by atoms with Crippen molar-refractivity contribution in [1.29, 1.82) is 0 Å². The quantitative estimate of drug-likeness (QED) is 0.763. The predicted octanol–water partition coefficient (Wildman–Crippen LogP) is 3.50. The van der Waals surface area contributed by atoms with Crippen molar-refractivity contribution in [2.24, 2.45) is 0 Å². The summed E-state index contributed by atoms with van der Waals surface area (Å²) in [6.45, 7) is 2.10. The van der Waals surface area contributed by atoms with E-state index in [1.54, 1.807) is 42.9 Å². The average Bonchev–Trinajstić information content (AvgIpc) is 2.58. The maximum Gasteiger partial charge on any atom is 0.252 e. The Morgan fingerprint density at radius 3 is 2.44 bits per heavy atom. The molecule has 0 aliphatic carbocycles. The van der Waals surface area contributed by atoms with Crippen LogP contribution in [0.2, 0.25) is 0 Å². The Balaban J connectivity index is 2.09. The third kappa shape index (κ3) is 4.99. The Bertz CT molecular complexity index is 703. The number of hydrogen-bond donors (Lipinski definition) is 1. The van der Waals surface area contributed by atoms with E-state index < -0.39 is 17.7 Å². The Kier molecular flexibility index (Phi) is 6.90. The lowest BCUT2D eigenvalue weighted by Gasteiger charge is -2.25. The Morgan fingerprint density at radius 1 is 1.24 bits per heavy atom. The molecule has 1 amide bonds. The highest BCUT2D eigenvalue weighted by molar-refractivity contribution is 7.99. The van der Waals surface area contributed by atoms with Crippen LogP contribution in [0.15, 0.2) is 41.6 Å². The van der Waals surface area contributed by atoms with Gasteiger partial charge in [0.15, 0.2) is 0 Å². The molecule has 0 spiro atoms. The molecule has 2 rings (SSSR count). The Morgan fingerprint density at radius 2 is 1.92 bits per heavy atom. The van der Waals surface area contributed by atoms with Crippen LogP contribution in [0.4, 0.5) is 8.78 Å². The van der Waals surface area contributed by atoms with E-state index in [0.29, 0.717) is 5.56 Å². The van der Waals surface area contributed by atoms with Gasteiger partial charge in [0.05, 0.1) is 16.6 Å². The van der Waals surface area contributed by atoms with E-state index in [0.717, 1.165) is 10.8 Å². The first-order valence-corrected chi connectivity index (χ1v) is 8.90. The highest BCUT2D eigenvalue weighted by Crippen LogP contribution is 2.24. The number of halogens is 2. The maximum absolute atomic E-state index is 14.0. The first-order chi connectivity index (χ1) is 11.9. The molecule has 4 nitrogen and oxygen atoms in total. The van der Waals surface area contributed by atoms with E-state index in [1.165, 1.54) is 24.4 Å². The number of amides is 1.